The number of sulfonamides is 1. The van der Waals surface area contributed by atoms with Gasteiger partial charge >= 0.3 is 0 Å². The number of halogens is 1. The molecule has 1 N–H and O–H groups in total. The van der Waals surface area contributed by atoms with E-state index in [1.807, 2.05) is 12.1 Å². The molecular weight excluding hydrogens is 448 g/mol. The summed E-state index contributed by atoms with van der Waals surface area (Å²) < 4.78 is 37.8. The second kappa shape index (κ2) is 10.0. The van der Waals surface area contributed by atoms with Crippen LogP contribution in [0.3, 0.4) is 0 Å². The van der Waals surface area contributed by atoms with Gasteiger partial charge in [0.2, 0.25) is 15.9 Å². The molecule has 3 rings (SSSR count). The van der Waals surface area contributed by atoms with Gasteiger partial charge in [0.15, 0.2) is 0 Å². The third kappa shape index (κ3) is 5.47. The fourth-order valence-electron chi connectivity index (χ4n) is 2.89. The van der Waals surface area contributed by atoms with E-state index in [1.54, 1.807) is 25.1 Å². The van der Waals surface area contributed by atoms with Crippen molar-refractivity contribution in [2.24, 2.45) is 0 Å². The SMILES string of the molecule is COc1ccc(S(=O)(=O)N2CCOCC2)cc1NC(=O)C(C)Sc1ccc(Cl)cc1. The lowest BCUT2D eigenvalue weighted by molar-refractivity contribution is -0.115. The molecule has 1 aliphatic rings. The number of carbonyl (C=O) groups is 1. The molecular formula is C20H23ClN2O5S2. The number of methoxy groups -OCH3 is 1. The van der Waals surface area contributed by atoms with Crippen LogP contribution in [0.5, 0.6) is 5.75 Å². The number of anilines is 1. The number of amides is 1. The Balaban J connectivity index is 1.77. The van der Waals surface area contributed by atoms with Crippen molar-refractivity contribution in [2.45, 2.75) is 22.0 Å². The molecule has 0 aromatic heterocycles. The number of morpholine rings is 1. The molecule has 0 aliphatic carbocycles. The van der Waals surface area contributed by atoms with Crippen molar-refractivity contribution >= 4 is 45.0 Å². The van der Waals surface area contributed by atoms with Gasteiger partial charge in [-0.3, -0.25) is 4.79 Å². The molecule has 1 heterocycles. The Hall–Kier alpha value is -1.78. The number of ether oxygens (including phenoxy) is 2. The summed E-state index contributed by atoms with van der Waals surface area (Å²) in [5, 5.41) is 2.99. The number of hydrogen-bond acceptors (Lipinski definition) is 6. The van der Waals surface area contributed by atoms with Crippen LogP contribution >= 0.6 is 23.4 Å². The van der Waals surface area contributed by atoms with Crippen molar-refractivity contribution in [1.82, 2.24) is 4.31 Å². The summed E-state index contributed by atoms with van der Waals surface area (Å²) in [5.41, 5.74) is 0.306. The van der Waals surface area contributed by atoms with Crippen molar-refractivity contribution in [3.05, 3.63) is 47.5 Å². The minimum Gasteiger partial charge on any atom is -0.495 e. The summed E-state index contributed by atoms with van der Waals surface area (Å²) in [6.07, 6.45) is 0. The molecule has 1 amide bonds. The first-order valence-electron chi connectivity index (χ1n) is 9.30. The first-order chi connectivity index (χ1) is 14.3. The molecule has 0 radical (unpaired) electrons. The Morgan fingerprint density at radius 1 is 1.20 bits per heavy atom. The van der Waals surface area contributed by atoms with Crippen molar-refractivity contribution in [3.63, 3.8) is 0 Å². The Morgan fingerprint density at radius 3 is 2.50 bits per heavy atom. The summed E-state index contributed by atoms with van der Waals surface area (Å²) in [7, 11) is -2.22. The van der Waals surface area contributed by atoms with E-state index in [4.69, 9.17) is 21.1 Å². The van der Waals surface area contributed by atoms with E-state index in [1.165, 1.54) is 35.3 Å². The summed E-state index contributed by atoms with van der Waals surface area (Å²) >= 11 is 7.27. The van der Waals surface area contributed by atoms with E-state index in [0.29, 0.717) is 42.8 Å². The number of thioether (sulfide) groups is 1. The van der Waals surface area contributed by atoms with Crippen molar-refractivity contribution < 1.29 is 22.7 Å². The highest BCUT2D eigenvalue weighted by molar-refractivity contribution is 8.00. The summed E-state index contributed by atoms with van der Waals surface area (Å²) in [6, 6.07) is 11.7. The molecule has 1 saturated heterocycles. The molecule has 0 bridgehead atoms. The second-order valence-electron chi connectivity index (χ2n) is 6.58. The average Bonchev–Trinajstić information content (AvgIpc) is 2.75. The largest absolute Gasteiger partial charge is 0.495 e. The third-order valence-electron chi connectivity index (χ3n) is 4.53. The fourth-order valence-corrected chi connectivity index (χ4v) is 5.31. The molecule has 162 valence electrons. The highest BCUT2D eigenvalue weighted by Gasteiger charge is 2.27. The van der Waals surface area contributed by atoms with E-state index in [2.05, 4.69) is 5.32 Å². The zero-order chi connectivity index (χ0) is 21.7. The quantitative estimate of drug-likeness (QED) is 0.623. The number of nitrogens with one attached hydrogen (secondary N) is 1. The zero-order valence-corrected chi connectivity index (χ0v) is 19.0. The number of rotatable bonds is 7. The lowest BCUT2D eigenvalue weighted by Gasteiger charge is -2.26. The molecule has 10 heteroatoms. The van der Waals surface area contributed by atoms with Crippen LogP contribution in [0.1, 0.15) is 6.92 Å². The average molecular weight is 471 g/mol. The van der Waals surface area contributed by atoms with Gasteiger partial charge in [0, 0.05) is 23.0 Å². The zero-order valence-electron chi connectivity index (χ0n) is 16.6. The van der Waals surface area contributed by atoms with Gasteiger partial charge in [-0.25, -0.2) is 8.42 Å². The predicted octanol–water partition coefficient (Wildman–Crippen LogP) is 3.49. The molecule has 1 unspecified atom stereocenters. The van der Waals surface area contributed by atoms with Crippen LogP contribution in [0.2, 0.25) is 5.02 Å². The van der Waals surface area contributed by atoms with Gasteiger partial charge in [-0.15, -0.1) is 11.8 Å². The standard InChI is InChI=1S/C20H23ClN2O5S2/c1-14(29-16-5-3-15(21)4-6-16)20(24)22-18-13-17(7-8-19(18)27-2)30(25,26)23-9-11-28-12-10-23/h3-8,13-14H,9-12H2,1-2H3,(H,22,24). The minimum atomic E-state index is -3.69. The first kappa shape index (κ1) is 22.9. The fraction of sp³-hybridized carbons (Fsp3) is 0.350. The maximum atomic E-state index is 12.9. The highest BCUT2D eigenvalue weighted by Crippen LogP contribution is 2.31. The molecule has 2 aromatic carbocycles. The summed E-state index contributed by atoms with van der Waals surface area (Å²) in [5.74, 6) is 0.113. The molecule has 1 atom stereocenters. The Morgan fingerprint density at radius 2 is 1.87 bits per heavy atom. The first-order valence-corrected chi connectivity index (χ1v) is 12.0. The van der Waals surface area contributed by atoms with Crippen LogP contribution in [0, 0.1) is 0 Å². The maximum absolute atomic E-state index is 12.9. The van der Waals surface area contributed by atoms with E-state index >= 15 is 0 Å². The second-order valence-corrected chi connectivity index (χ2v) is 10.4. The van der Waals surface area contributed by atoms with Crippen molar-refractivity contribution in [3.8, 4) is 5.75 Å². The molecule has 1 fully saturated rings. The smallest absolute Gasteiger partial charge is 0.243 e. The Kier molecular flexibility index (Phi) is 7.65. The van der Waals surface area contributed by atoms with Crippen LogP contribution in [0.4, 0.5) is 5.69 Å². The topological polar surface area (TPSA) is 84.9 Å². The lowest BCUT2D eigenvalue weighted by atomic mass is 10.3. The van der Waals surface area contributed by atoms with Crippen LogP contribution in [0.15, 0.2) is 52.3 Å². The van der Waals surface area contributed by atoms with Crippen molar-refractivity contribution in [2.75, 3.05) is 38.7 Å². The van der Waals surface area contributed by atoms with Crippen LogP contribution in [-0.4, -0.2) is 57.3 Å². The van der Waals surface area contributed by atoms with Gasteiger partial charge < -0.3 is 14.8 Å². The molecule has 0 saturated carbocycles. The van der Waals surface area contributed by atoms with E-state index < -0.39 is 15.3 Å². The maximum Gasteiger partial charge on any atom is 0.243 e. The van der Waals surface area contributed by atoms with Crippen LogP contribution in [-0.2, 0) is 19.6 Å². The van der Waals surface area contributed by atoms with Gasteiger partial charge in [0.25, 0.3) is 0 Å². The lowest BCUT2D eigenvalue weighted by Crippen LogP contribution is -2.40. The highest BCUT2D eigenvalue weighted by atomic mass is 35.5. The number of benzene rings is 2. The Bertz CT molecular complexity index is 993. The third-order valence-corrected chi connectivity index (χ3v) is 7.79. The monoisotopic (exact) mass is 470 g/mol. The Labute approximate surface area is 185 Å². The van der Waals surface area contributed by atoms with Gasteiger partial charge in [0.1, 0.15) is 5.75 Å². The van der Waals surface area contributed by atoms with Gasteiger partial charge in [-0.1, -0.05) is 11.6 Å². The van der Waals surface area contributed by atoms with Crippen molar-refractivity contribution in [1.29, 1.82) is 0 Å². The van der Waals surface area contributed by atoms with E-state index in [9.17, 15) is 13.2 Å². The van der Waals surface area contributed by atoms with Gasteiger partial charge in [-0.2, -0.15) is 4.31 Å². The minimum absolute atomic E-state index is 0.0958. The molecule has 1 aliphatic heterocycles. The molecule has 7 nitrogen and oxygen atoms in total. The van der Waals surface area contributed by atoms with Crippen LogP contribution < -0.4 is 10.1 Å². The molecule has 0 spiro atoms. The summed E-state index contributed by atoms with van der Waals surface area (Å²) in [4.78, 5) is 13.7. The van der Waals surface area contributed by atoms with E-state index in [0.717, 1.165) is 4.90 Å². The molecule has 30 heavy (non-hydrogen) atoms. The molecule has 2 aromatic rings. The predicted molar refractivity (Wildman–Crippen MR) is 118 cm³/mol. The number of hydrogen-bond donors (Lipinski definition) is 1. The van der Waals surface area contributed by atoms with E-state index in [-0.39, 0.29) is 10.8 Å². The van der Waals surface area contributed by atoms with Gasteiger partial charge in [0.05, 0.1) is 36.2 Å². The number of carbonyl (C=O) groups excluding carboxylic acids is 1. The normalized spacial score (nSPS) is 16.1. The van der Waals surface area contributed by atoms with Crippen LogP contribution in [0.25, 0.3) is 0 Å². The number of nitrogens with zero attached hydrogens (tertiary/aromatic N) is 1. The van der Waals surface area contributed by atoms with Gasteiger partial charge in [-0.05, 0) is 49.4 Å². The summed E-state index contributed by atoms with van der Waals surface area (Å²) in [6.45, 7) is 3.09.